The van der Waals surface area contributed by atoms with E-state index < -0.39 is 0 Å². The van der Waals surface area contributed by atoms with Gasteiger partial charge in [0.05, 0.1) is 5.39 Å². The Morgan fingerprint density at radius 2 is 1.88 bits per heavy atom. The first-order valence-electron chi connectivity index (χ1n) is 9.85. The van der Waals surface area contributed by atoms with Crippen molar-refractivity contribution in [1.82, 2.24) is 24.8 Å². The van der Waals surface area contributed by atoms with Crippen LogP contribution in [0, 0.1) is 19.8 Å². The van der Waals surface area contributed by atoms with Crippen LogP contribution in [0.25, 0.3) is 11.0 Å². The molecule has 2 aliphatic rings. The van der Waals surface area contributed by atoms with E-state index in [4.69, 9.17) is 0 Å². The molecule has 2 aliphatic heterocycles. The Morgan fingerprint density at radius 3 is 2.65 bits per heavy atom. The van der Waals surface area contributed by atoms with Crippen molar-refractivity contribution in [3.8, 4) is 0 Å². The van der Waals surface area contributed by atoms with Gasteiger partial charge in [-0.1, -0.05) is 0 Å². The van der Waals surface area contributed by atoms with E-state index in [0.29, 0.717) is 0 Å². The van der Waals surface area contributed by atoms with E-state index in [9.17, 15) is 0 Å². The van der Waals surface area contributed by atoms with Gasteiger partial charge >= 0.3 is 0 Å². The fourth-order valence-electron chi connectivity index (χ4n) is 4.56. The Hall–Kier alpha value is -1.79. The van der Waals surface area contributed by atoms with E-state index in [1.54, 1.807) is 6.33 Å². The second-order valence-electron chi connectivity index (χ2n) is 8.03. The highest BCUT2D eigenvalue weighted by Gasteiger charge is 2.24. The van der Waals surface area contributed by atoms with E-state index in [1.807, 2.05) is 6.92 Å². The molecule has 0 unspecified atom stereocenters. The van der Waals surface area contributed by atoms with Crippen molar-refractivity contribution in [3.05, 3.63) is 23.7 Å². The predicted octanol–water partition coefficient (Wildman–Crippen LogP) is 2.11. The van der Waals surface area contributed by atoms with Crippen LogP contribution < -0.4 is 4.90 Å². The fourth-order valence-corrected chi connectivity index (χ4v) is 4.56. The Balaban J connectivity index is 1.44. The maximum absolute atomic E-state index is 4.62. The molecule has 26 heavy (non-hydrogen) atoms. The molecule has 2 aromatic rings. The second kappa shape index (κ2) is 7.45. The zero-order chi connectivity index (χ0) is 18.1. The molecule has 6 heteroatoms. The number of pyridine rings is 1. The van der Waals surface area contributed by atoms with Crippen LogP contribution in [0.5, 0.6) is 0 Å². The highest BCUT2D eigenvalue weighted by atomic mass is 15.3. The minimum absolute atomic E-state index is 0.820. The molecule has 0 bridgehead atoms. The van der Waals surface area contributed by atoms with E-state index in [2.05, 4.69) is 49.7 Å². The quantitative estimate of drug-likeness (QED) is 0.841. The van der Waals surface area contributed by atoms with Gasteiger partial charge in [-0.05, 0) is 57.8 Å². The van der Waals surface area contributed by atoms with Crippen molar-refractivity contribution >= 4 is 16.9 Å². The minimum Gasteiger partial charge on any atom is -0.353 e. The van der Waals surface area contributed by atoms with Crippen molar-refractivity contribution in [2.45, 2.75) is 26.7 Å². The molecule has 2 fully saturated rings. The summed E-state index contributed by atoms with van der Waals surface area (Å²) < 4.78 is 0. The van der Waals surface area contributed by atoms with Gasteiger partial charge in [-0.15, -0.1) is 0 Å². The SMILES string of the molecule is Cc1cc(C)c2c(N3CCN(C[C@@H]4CCCN(C)C4)CC3)ncnc2n1. The third kappa shape index (κ3) is 3.67. The number of piperazine rings is 1. The first-order chi connectivity index (χ1) is 12.6. The summed E-state index contributed by atoms with van der Waals surface area (Å²) in [7, 11) is 2.25. The van der Waals surface area contributed by atoms with Gasteiger partial charge < -0.3 is 9.80 Å². The van der Waals surface area contributed by atoms with Crippen molar-refractivity contribution in [2.75, 3.05) is 57.8 Å². The topological polar surface area (TPSA) is 48.4 Å². The lowest BCUT2D eigenvalue weighted by Crippen LogP contribution is -2.49. The van der Waals surface area contributed by atoms with Crippen LogP contribution in [-0.2, 0) is 0 Å². The number of hydrogen-bond donors (Lipinski definition) is 0. The number of fused-ring (bicyclic) bond motifs is 1. The predicted molar refractivity (Wildman–Crippen MR) is 106 cm³/mol. The molecule has 0 saturated carbocycles. The molecule has 4 rings (SSSR count). The number of piperidine rings is 1. The number of likely N-dealkylation sites (tertiary alicyclic amines) is 1. The van der Waals surface area contributed by atoms with E-state index >= 15 is 0 Å². The molecule has 1 atom stereocenters. The van der Waals surface area contributed by atoms with E-state index in [1.165, 1.54) is 38.0 Å². The molecule has 0 amide bonds. The molecule has 0 radical (unpaired) electrons. The summed E-state index contributed by atoms with van der Waals surface area (Å²) in [5.74, 6) is 1.88. The lowest BCUT2D eigenvalue weighted by Gasteiger charge is -2.39. The first-order valence-corrected chi connectivity index (χ1v) is 9.85. The molecule has 2 saturated heterocycles. The molecule has 140 valence electrons. The Morgan fingerprint density at radius 1 is 1.08 bits per heavy atom. The Kier molecular flexibility index (Phi) is 5.05. The van der Waals surface area contributed by atoms with Crippen LogP contribution >= 0.6 is 0 Å². The normalized spacial score (nSPS) is 22.9. The monoisotopic (exact) mass is 354 g/mol. The average molecular weight is 355 g/mol. The van der Waals surface area contributed by atoms with Crippen LogP contribution in [0.4, 0.5) is 5.82 Å². The molecule has 4 heterocycles. The molecule has 2 aromatic heterocycles. The smallest absolute Gasteiger partial charge is 0.165 e. The van der Waals surface area contributed by atoms with Crippen molar-refractivity contribution < 1.29 is 0 Å². The fraction of sp³-hybridized carbons (Fsp3) is 0.650. The van der Waals surface area contributed by atoms with Gasteiger partial charge in [0.1, 0.15) is 12.1 Å². The molecular formula is C20H30N6. The number of rotatable bonds is 3. The zero-order valence-corrected chi connectivity index (χ0v) is 16.3. The lowest BCUT2D eigenvalue weighted by molar-refractivity contribution is 0.147. The third-order valence-corrected chi connectivity index (χ3v) is 5.82. The highest BCUT2D eigenvalue weighted by Crippen LogP contribution is 2.27. The molecule has 0 aliphatic carbocycles. The maximum atomic E-state index is 4.62. The largest absolute Gasteiger partial charge is 0.353 e. The minimum atomic E-state index is 0.820. The van der Waals surface area contributed by atoms with Crippen LogP contribution in [-0.4, -0.2) is 77.6 Å². The van der Waals surface area contributed by atoms with Gasteiger partial charge in [-0.3, -0.25) is 4.90 Å². The zero-order valence-electron chi connectivity index (χ0n) is 16.3. The van der Waals surface area contributed by atoms with Gasteiger partial charge in [-0.25, -0.2) is 15.0 Å². The highest BCUT2D eigenvalue weighted by molar-refractivity contribution is 5.90. The van der Waals surface area contributed by atoms with Crippen LogP contribution in [0.15, 0.2) is 12.4 Å². The molecule has 6 nitrogen and oxygen atoms in total. The summed E-state index contributed by atoms with van der Waals surface area (Å²) in [6.07, 6.45) is 4.39. The number of nitrogens with zero attached hydrogens (tertiary/aromatic N) is 6. The van der Waals surface area contributed by atoms with E-state index in [0.717, 1.165) is 54.6 Å². The summed E-state index contributed by atoms with van der Waals surface area (Å²) in [4.78, 5) is 21.1. The number of aromatic nitrogens is 3. The van der Waals surface area contributed by atoms with Crippen molar-refractivity contribution in [1.29, 1.82) is 0 Å². The summed E-state index contributed by atoms with van der Waals surface area (Å²) in [5, 5.41) is 1.11. The number of aryl methyl sites for hydroxylation is 2. The number of anilines is 1. The van der Waals surface area contributed by atoms with Gasteiger partial charge in [0.2, 0.25) is 0 Å². The second-order valence-corrected chi connectivity index (χ2v) is 8.03. The van der Waals surface area contributed by atoms with Crippen LogP contribution in [0.3, 0.4) is 0 Å². The third-order valence-electron chi connectivity index (χ3n) is 5.82. The van der Waals surface area contributed by atoms with Crippen LogP contribution in [0.2, 0.25) is 0 Å². The first kappa shape index (κ1) is 17.6. The van der Waals surface area contributed by atoms with Crippen molar-refractivity contribution in [3.63, 3.8) is 0 Å². The average Bonchev–Trinajstić information content (AvgIpc) is 2.61. The Labute approximate surface area is 156 Å². The molecular weight excluding hydrogens is 324 g/mol. The summed E-state index contributed by atoms with van der Waals surface area (Å²) in [5.41, 5.74) is 3.05. The van der Waals surface area contributed by atoms with Gasteiger partial charge in [-0.2, -0.15) is 0 Å². The molecule has 0 spiro atoms. The van der Waals surface area contributed by atoms with Gasteiger partial charge in [0, 0.05) is 45.0 Å². The van der Waals surface area contributed by atoms with Crippen LogP contribution in [0.1, 0.15) is 24.1 Å². The molecule has 0 aromatic carbocycles. The number of hydrogen-bond acceptors (Lipinski definition) is 6. The van der Waals surface area contributed by atoms with Crippen molar-refractivity contribution in [2.24, 2.45) is 5.92 Å². The summed E-state index contributed by atoms with van der Waals surface area (Å²) in [6, 6.07) is 2.13. The standard InChI is InChI=1S/C20H30N6/c1-15-11-16(2)23-19-18(15)20(22-14-21-19)26-9-7-25(8-10-26)13-17-5-4-6-24(3)12-17/h11,14,17H,4-10,12-13H2,1-3H3/t17-/m1/s1. The Bertz CT molecular complexity index is 768. The van der Waals surface area contributed by atoms with Gasteiger partial charge in [0.15, 0.2) is 5.65 Å². The summed E-state index contributed by atoms with van der Waals surface area (Å²) >= 11 is 0. The van der Waals surface area contributed by atoms with Gasteiger partial charge in [0.25, 0.3) is 0 Å². The lowest BCUT2D eigenvalue weighted by atomic mass is 9.97. The maximum Gasteiger partial charge on any atom is 0.165 e. The van der Waals surface area contributed by atoms with E-state index in [-0.39, 0.29) is 0 Å². The molecule has 0 N–H and O–H groups in total. The summed E-state index contributed by atoms with van der Waals surface area (Å²) in [6.45, 7) is 12.2.